The minimum atomic E-state index is -0.377. The zero-order chi connectivity index (χ0) is 21.0. The van der Waals surface area contributed by atoms with Gasteiger partial charge in [-0.05, 0) is 66.9 Å². The highest BCUT2D eigenvalue weighted by Gasteiger charge is 2.19. The predicted molar refractivity (Wildman–Crippen MR) is 123 cm³/mol. The molecule has 31 heavy (non-hydrogen) atoms. The van der Waals surface area contributed by atoms with Crippen LogP contribution in [0.3, 0.4) is 0 Å². The number of rotatable bonds is 8. The number of likely N-dealkylation sites (tertiary alicyclic amines) is 1. The van der Waals surface area contributed by atoms with Gasteiger partial charge in [-0.15, -0.1) is 0 Å². The molecule has 0 aliphatic carbocycles. The van der Waals surface area contributed by atoms with Crippen LogP contribution in [0.4, 0.5) is 0 Å². The number of nitrogens with one attached hydrogen (secondary N) is 1. The second-order valence-corrected chi connectivity index (χ2v) is 8.81. The van der Waals surface area contributed by atoms with Crippen LogP contribution in [0.2, 0.25) is 0 Å². The van der Waals surface area contributed by atoms with Crippen molar-refractivity contribution in [2.75, 3.05) is 26.2 Å². The Labute approximate surface area is 184 Å². The van der Waals surface area contributed by atoms with Crippen molar-refractivity contribution in [1.82, 2.24) is 10.2 Å². The van der Waals surface area contributed by atoms with Crippen LogP contribution in [-0.2, 0) is 6.54 Å². The van der Waals surface area contributed by atoms with Gasteiger partial charge in [-0.2, -0.15) is 11.3 Å². The topological polar surface area (TPSA) is 67.8 Å². The molecule has 4 heterocycles. The molecule has 3 aromatic heterocycles. The van der Waals surface area contributed by atoms with Crippen molar-refractivity contribution in [3.05, 3.63) is 63.3 Å². The van der Waals surface area contributed by atoms with Crippen molar-refractivity contribution in [1.29, 1.82) is 0 Å². The molecule has 6 nitrogen and oxygen atoms in total. The van der Waals surface area contributed by atoms with Crippen molar-refractivity contribution in [3.8, 4) is 5.75 Å². The lowest BCUT2D eigenvalue weighted by molar-refractivity contribution is 0.182. The minimum Gasteiger partial charge on any atom is -0.492 e. The number of piperidine rings is 1. The summed E-state index contributed by atoms with van der Waals surface area (Å²) in [6.45, 7) is 4.83. The summed E-state index contributed by atoms with van der Waals surface area (Å²) in [6.07, 6.45) is 4.94. The Morgan fingerprint density at radius 2 is 2.00 bits per heavy atom. The molecule has 1 aliphatic heterocycles. The van der Waals surface area contributed by atoms with Crippen LogP contribution in [0.1, 0.15) is 24.8 Å². The molecule has 1 N–H and O–H groups in total. The fraction of sp³-hybridized carbons (Fsp3) is 0.375. The van der Waals surface area contributed by atoms with Crippen molar-refractivity contribution in [2.45, 2.75) is 31.8 Å². The Balaban J connectivity index is 1.12. The summed E-state index contributed by atoms with van der Waals surface area (Å²) in [5.41, 5.74) is 2.15. The van der Waals surface area contributed by atoms with Crippen LogP contribution < -0.4 is 15.7 Å². The first-order valence-electron chi connectivity index (χ1n) is 10.8. The van der Waals surface area contributed by atoms with Crippen molar-refractivity contribution < 1.29 is 13.6 Å². The van der Waals surface area contributed by atoms with Crippen molar-refractivity contribution >= 4 is 33.3 Å². The predicted octanol–water partition coefficient (Wildman–Crippen LogP) is 4.62. The number of furan rings is 1. The molecular formula is C24H26N2O4S. The molecule has 1 aromatic carbocycles. The third kappa shape index (κ3) is 4.69. The third-order valence-electron chi connectivity index (χ3n) is 5.94. The van der Waals surface area contributed by atoms with Crippen molar-refractivity contribution in [3.63, 3.8) is 0 Å². The molecule has 0 bridgehead atoms. The smallest absolute Gasteiger partial charge is 0.336 e. The lowest BCUT2D eigenvalue weighted by Gasteiger charge is -2.32. The standard InChI is InChI=1S/C24H26N2O4S/c27-23-3-2-19-22(30-23)14-21-20(6-12-28-21)24(19)29-11-1-8-26-9-4-18(5-10-26)25-15-17-7-13-31-16-17/h2-3,6-7,12-14,16,18,25H,1,4-5,8-11,15H2. The molecule has 5 rings (SSSR count). The zero-order valence-corrected chi connectivity index (χ0v) is 18.2. The van der Waals surface area contributed by atoms with Gasteiger partial charge in [-0.3, -0.25) is 0 Å². The Hall–Kier alpha value is -2.61. The lowest BCUT2D eigenvalue weighted by atomic mass is 10.0. The van der Waals surface area contributed by atoms with Gasteiger partial charge in [-0.1, -0.05) is 0 Å². The molecule has 1 aliphatic rings. The summed E-state index contributed by atoms with van der Waals surface area (Å²) in [4.78, 5) is 14.1. The van der Waals surface area contributed by atoms with Crippen LogP contribution in [-0.4, -0.2) is 37.2 Å². The number of thiophene rings is 1. The Morgan fingerprint density at radius 1 is 1.13 bits per heavy atom. The quantitative estimate of drug-likeness (QED) is 0.320. The summed E-state index contributed by atoms with van der Waals surface area (Å²) < 4.78 is 17.0. The molecular weight excluding hydrogens is 412 g/mol. The fourth-order valence-electron chi connectivity index (χ4n) is 4.24. The van der Waals surface area contributed by atoms with E-state index in [0.717, 1.165) is 49.1 Å². The Kier molecular flexibility index (Phi) is 6.06. The molecule has 162 valence electrons. The summed E-state index contributed by atoms with van der Waals surface area (Å²) in [7, 11) is 0. The SMILES string of the molecule is O=c1ccc2c(OCCCN3CCC(NCc4ccsc4)CC3)c3ccoc3cc2o1. The minimum absolute atomic E-state index is 0.377. The largest absolute Gasteiger partial charge is 0.492 e. The van der Waals surface area contributed by atoms with Crippen LogP contribution >= 0.6 is 11.3 Å². The van der Waals surface area contributed by atoms with Gasteiger partial charge in [0, 0.05) is 31.3 Å². The highest BCUT2D eigenvalue weighted by Crippen LogP contribution is 2.35. The van der Waals surface area contributed by atoms with Gasteiger partial charge in [0.1, 0.15) is 16.9 Å². The summed E-state index contributed by atoms with van der Waals surface area (Å²) >= 11 is 1.75. The van der Waals surface area contributed by atoms with Gasteiger partial charge in [0.15, 0.2) is 0 Å². The molecule has 0 radical (unpaired) electrons. The number of fused-ring (bicyclic) bond motifs is 2. The number of ether oxygens (including phenoxy) is 1. The molecule has 7 heteroatoms. The third-order valence-corrected chi connectivity index (χ3v) is 6.67. The van der Waals surface area contributed by atoms with Gasteiger partial charge in [0.2, 0.25) is 0 Å². The number of hydrogen-bond donors (Lipinski definition) is 1. The molecule has 1 fully saturated rings. The average Bonchev–Trinajstić information content (AvgIpc) is 3.47. The van der Waals surface area contributed by atoms with E-state index in [1.54, 1.807) is 29.7 Å². The Morgan fingerprint density at radius 3 is 2.84 bits per heavy atom. The van der Waals surface area contributed by atoms with Crippen LogP contribution in [0.25, 0.3) is 21.9 Å². The summed E-state index contributed by atoms with van der Waals surface area (Å²) in [5.74, 6) is 0.723. The van der Waals surface area contributed by atoms with Gasteiger partial charge < -0.3 is 23.8 Å². The van der Waals surface area contributed by atoms with Crippen LogP contribution in [0.5, 0.6) is 5.75 Å². The molecule has 4 aromatic rings. The van der Waals surface area contributed by atoms with E-state index in [1.165, 1.54) is 24.5 Å². The zero-order valence-electron chi connectivity index (χ0n) is 17.3. The number of benzene rings is 1. The van der Waals surface area contributed by atoms with Gasteiger partial charge in [0.05, 0.1) is 23.6 Å². The van der Waals surface area contributed by atoms with Gasteiger partial charge in [0.25, 0.3) is 0 Å². The van der Waals surface area contributed by atoms with E-state index in [0.29, 0.717) is 23.8 Å². The van der Waals surface area contributed by atoms with Gasteiger partial charge in [-0.25, -0.2) is 4.79 Å². The number of hydrogen-bond acceptors (Lipinski definition) is 7. The highest BCUT2D eigenvalue weighted by molar-refractivity contribution is 7.07. The van der Waals surface area contributed by atoms with Gasteiger partial charge >= 0.3 is 5.63 Å². The summed E-state index contributed by atoms with van der Waals surface area (Å²) in [6, 6.07) is 9.62. The maximum absolute atomic E-state index is 11.6. The lowest BCUT2D eigenvalue weighted by Crippen LogP contribution is -2.42. The maximum Gasteiger partial charge on any atom is 0.336 e. The molecule has 0 amide bonds. The van der Waals surface area contributed by atoms with E-state index >= 15 is 0 Å². The second kappa shape index (κ2) is 9.26. The van der Waals surface area contributed by atoms with Crippen LogP contribution in [0, 0.1) is 0 Å². The highest BCUT2D eigenvalue weighted by atomic mass is 32.1. The maximum atomic E-state index is 11.6. The fourth-order valence-corrected chi connectivity index (χ4v) is 4.91. The second-order valence-electron chi connectivity index (χ2n) is 8.03. The van der Waals surface area contributed by atoms with E-state index in [4.69, 9.17) is 13.6 Å². The molecule has 0 saturated carbocycles. The van der Waals surface area contributed by atoms with E-state index in [-0.39, 0.29) is 5.63 Å². The average molecular weight is 439 g/mol. The molecule has 1 saturated heterocycles. The molecule has 0 unspecified atom stereocenters. The number of nitrogens with zero attached hydrogens (tertiary/aromatic N) is 1. The molecule has 0 atom stereocenters. The first kappa shape index (κ1) is 20.3. The van der Waals surface area contributed by atoms with E-state index in [1.807, 2.05) is 6.07 Å². The monoisotopic (exact) mass is 438 g/mol. The Bertz CT molecular complexity index is 1190. The van der Waals surface area contributed by atoms with E-state index in [9.17, 15) is 4.79 Å². The van der Waals surface area contributed by atoms with E-state index in [2.05, 4.69) is 27.0 Å². The first-order chi connectivity index (χ1) is 15.3. The van der Waals surface area contributed by atoms with Crippen LogP contribution in [0.15, 0.2) is 61.0 Å². The van der Waals surface area contributed by atoms with E-state index < -0.39 is 0 Å². The van der Waals surface area contributed by atoms with Crippen molar-refractivity contribution in [2.24, 2.45) is 0 Å². The normalized spacial score (nSPS) is 15.7. The molecule has 0 spiro atoms. The summed E-state index contributed by atoms with van der Waals surface area (Å²) in [5, 5.41) is 9.73. The first-order valence-corrected chi connectivity index (χ1v) is 11.7.